The molecule has 124 valence electrons. The minimum Gasteiger partial charge on any atom is -0.426 e. The molecule has 0 aliphatic carbocycles. The summed E-state index contributed by atoms with van der Waals surface area (Å²) in [4.78, 5) is 25.9. The molecule has 0 radical (unpaired) electrons. The van der Waals surface area contributed by atoms with E-state index in [9.17, 15) is 14.0 Å². The molecule has 0 unspecified atom stereocenters. The zero-order valence-electron chi connectivity index (χ0n) is 13.4. The first-order chi connectivity index (χ1) is 11.6. The fourth-order valence-corrected chi connectivity index (χ4v) is 2.73. The SMILES string of the molecule is CCc1ccc(OC(=O)[C@H]2CC(=O)N(c3ccc(F)cc3)C2)cc1. The standard InChI is InChI=1S/C19H18FNO3/c1-2-13-3-9-17(10-4-13)24-19(23)14-11-18(22)21(12-14)16-7-5-15(20)6-8-16/h3-10,14H,2,11-12H2,1H3/t14-/m0/s1. The van der Waals surface area contributed by atoms with Gasteiger partial charge < -0.3 is 9.64 Å². The third kappa shape index (κ3) is 3.45. The molecule has 5 heteroatoms. The number of esters is 1. The second kappa shape index (κ2) is 6.83. The number of amides is 1. The Morgan fingerprint density at radius 2 is 1.83 bits per heavy atom. The lowest BCUT2D eigenvalue weighted by atomic mass is 10.1. The number of nitrogens with zero attached hydrogens (tertiary/aromatic N) is 1. The van der Waals surface area contributed by atoms with Crippen LogP contribution < -0.4 is 9.64 Å². The van der Waals surface area contributed by atoms with Gasteiger partial charge in [0.05, 0.1) is 5.92 Å². The summed E-state index contributed by atoms with van der Waals surface area (Å²) in [5.74, 6) is -0.989. The van der Waals surface area contributed by atoms with Gasteiger partial charge in [-0.05, 0) is 48.4 Å². The van der Waals surface area contributed by atoms with Gasteiger partial charge in [-0.25, -0.2) is 4.39 Å². The summed E-state index contributed by atoms with van der Waals surface area (Å²) in [5, 5.41) is 0. The molecular weight excluding hydrogens is 309 g/mol. The Morgan fingerprint density at radius 1 is 1.17 bits per heavy atom. The molecule has 1 atom stereocenters. The van der Waals surface area contributed by atoms with Crippen LogP contribution in [-0.4, -0.2) is 18.4 Å². The number of ether oxygens (including phenoxy) is 1. The van der Waals surface area contributed by atoms with E-state index in [1.165, 1.54) is 29.2 Å². The molecule has 1 fully saturated rings. The van der Waals surface area contributed by atoms with Crippen molar-refractivity contribution in [3.05, 3.63) is 59.9 Å². The van der Waals surface area contributed by atoms with E-state index in [1.54, 1.807) is 12.1 Å². The zero-order chi connectivity index (χ0) is 17.1. The lowest BCUT2D eigenvalue weighted by molar-refractivity contribution is -0.139. The molecular formula is C19H18FNO3. The van der Waals surface area contributed by atoms with Crippen LogP contribution in [0.25, 0.3) is 0 Å². The zero-order valence-corrected chi connectivity index (χ0v) is 13.4. The van der Waals surface area contributed by atoms with Crippen LogP contribution in [-0.2, 0) is 16.0 Å². The number of hydrogen-bond donors (Lipinski definition) is 0. The number of benzene rings is 2. The quantitative estimate of drug-likeness (QED) is 0.639. The molecule has 24 heavy (non-hydrogen) atoms. The summed E-state index contributed by atoms with van der Waals surface area (Å²) in [5.41, 5.74) is 1.75. The van der Waals surface area contributed by atoms with Crippen LogP contribution in [0.5, 0.6) is 5.75 Å². The van der Waals surface area contributed by atoms with E-state index in [4.69, 9.17) is 4.74 Å². The first kappa shape index (κ1) is 16.2. The molecule has 1 amide bonds. The minimum absolute atomic E-state index is 0.100. The van der Waals surface area contributed by atoms with Crippen molar-refractivity contribution >= 4 is 17.6 Å². The number of carbonyl (C=O) groups is 2. The number of halogens is 1. The molecule has 2 aromatic carbocycles. The maximum absolute atomic E-state index is 13.0. The van der Waals surface area contributed by atoms with E-state index in [2.05, 4.69) is 6.92 Å². The highest BCUT2D eigenvalue weighted by Gasteiger charge is 2.36. The lowest BCUT2D eigenvalue weighted by Gasteiger charge is -2.16. The van der Waals surface area contributed by atoms with Gasteiger partial charge in [0.2, 0.25) is 5.91 Å². The topological polar surface area (TPSA) is 46.6 Å². The van der Waals surface area contributed by atoms with Gasteiger partial charge in [0.25, 0.3) is 0 Å². The van der Waals surface area contributed by atoms with Crippen molar-refractivity contribution in [1.29, 1.82) is 0 Å². The van der Waals surface area contributed by atoms with Crippen molar-refractivity contribution < 1.29 is 18.7 Å². The van der Waals surface area contributed by atoms with Crippen molar-refractivity contribution in [3.8, 4) is 5.75 Å². The monoisotopic (exact) mass is 327 g/mol. The summed E-state index contributed by atoms with van der Waals surface area (Å²) in [7, 11) is 0. The van der Waals surface area contributed by atoms with Crippen LogP contribution in [0.2, 0.25) is 0 Å². The second-order valence-electron chi connectivity index (χ2n) is 5.80. The van der Waals surface area contributed by atoms with E-state index in [-0.39, 0.29) is 24.7 Å². The molecule has 1 aliphatic heterocycles. The predicted molar refractivity (Wildman–Crippen MR) is 88.3 cm³/mol. The molecule has 1 saturated heterocycles. The normalized spacial score (nSPS) is 17.2. The van der Waals surface area contributed by atoms with Crippen molar-refractivity contribution in [2.24, 2.45) is 5.92 Å². The second-order valence-corrected chi connectivity index (χ2v) is 5.80. The van der Waals surface area contributed by atoms with Crippen molar-refractivity contribution in [2.45, 2.75) is 19.8 Å². The average Bonchev–Trinajstić information content (AvgIpc) is 2.98. The minimum atomic E-state index is -0.520. The maximum Gasteiger partial charge on any atom is 0.316 e. The van der Waals surface area contributed by atoms with Gasteiger partial charge in [-0.3, -0.25) is 9.59 Å². The molecule has 1 heterocycles. The highest BCUT2D eigenvalue weighted by molar-refractivity contribution is 5.99. The van der Waals surface area contributed by atoms with Gasteiger partial charge in [0.15, 0.2) is 0 Å². The predicted octanol–water partition coefficient (Wildman–Crippen LogP) is 3.35. The largest absolute Gasteiger partial charge is 0.426 e. The van der Waals surface area contributed by atoms with E-state index >= 15 is 0 Å². The number of hydrogen-bond acceptors (Lipinski definition) is 3. The van der Waals surface area contributed by atoms with Crippen LogP contribution >= 0.6 is 0 Å². The van der Waals surface area contributed by atoms with Gasteiger partial charge >= 0.3 is 5.97 Å². The highest BCUT2D eigenvalue weighted by Crippen LogP contribution is 2.26. The van der Waals surface area contributed by atoms with Crippen LogP contribution in [0.15, 0.2) is 48.5 Å². The molecule has 1 aliphatic rings. The summed E-state index contributed by atoms with van der Waals surface area (Å²) in [6.07, 6.45) is 1.02. The molecule has 0 N–H and O–H groups in total. The molecule has 0 saturated carbocycles. The third-order valence-corrected chi connectivity index (χ3v) is 4.15. The van der Waals surface area contributed by atoms with Crippen LogP contribution in [0.4, 0.5) is 10.1 Å². The first-order valence-corrected chi connectivity index (χ1v) is 7.93. The van der Waals surface area contributed by atoms with Crippen molar-refractivity contribution in [2.75, 3.05) is 11.4 Å². The average molecular weight is 327 g/mol. The highest BCUT2D eigenvalue weighted by atomic mass is 19.1. The molecule has 0 aromatic heterocycles. The van der Waals surface area contributed by atoms with Gasteiger partial charge in [-0.2, -0.15) is 0 Å². The summed E-state index contributed by atoms with van der Waals surface area (Å²) < 4.78 is 18.4. The Morgan fingerprint density at radius 3 is 2.46 bits per heavy atom. The summed E-state index contributed by atoms with van der Waals surface area (Å²) in [6.45, 7) is 2.30. The van der Waals surface area contributed by atoms with Crippen LogP contribution in [0, 0.1) is 11.7 Å². The third-order valence-electron chi connectivity index (χ3n) is 4.15. The van der Waals surface area contributed by atoms with E-state index in [0.717, 1.165) is 12.0 Å². The summed E-state index contributed by atoms with van der Waals surface area (Å²) in [6, 6.07) is 13.0. The summed E-state index contributed by atoms with van der Waals surface area (Å²) >= 11 is 0. The van der Waals surface area contributed by atoms with Gasteiger partial charge in [-0.1, -0.05) is 19.1 Å². The van der Waals surface area contributed by atoms with Crippen LogP contribution in [0.1, 0.15) is 18.9 Å². The van der Waals surface area contributed by atoms with Gasteiger partial charge in [0.1, 0.15) is 11.6 Å². The van der Waals surface area contributed by atoms with Crippen molar-refractivity contribution in [3.63, 3.8) is 0 Å². The Hall–Kier alpha value is -2.69. The van der Waals surface area contributed by atoms with Crippen molar-refractivity contribution in [1.82, 2.24) is 0 Å². The maximum atomic E-state index is 13.0. The van der Waals surface area contributed by atoms with Gasteiger partial charge in [0, 0.05) is 18.7 Å². The Labute approximate surface area is 139 Å². The Balaban J connectivity index is 1.66. The molecule has 3 rings (SSSR count). The number of anilines is 1. The molecule has 0 bridgehead atoms. The number of aryl methyl sites for hydroxylation is 1. The molecule has 2 aromatic rings. The molecule has 4 nitrogen and oxygen atoms in total. The van der Waals surface area contributed by atoms with Gasteiger partial charge in [-0.15, -0.1) is 0 Å². The fourth-order valence-electron chi connectivity index (χ4n) is 2.73. The Bertz CT molecular complexity index is 740. The first-order valence-electron chi connectivity index (χ1n) is 7.93. The molecule has 0 spiro atoms. The number of carbonyl (C=O) groups excluding carboxylic acids is 2. The Kier molecular flexibility index (Phi) is 4.60. The number of rotatable bonds is 4. The fraction of sp³-hybridized carbons (Fsp3) is 0.263. The van der Waals surface area contributed by atoms with E-state index in [1.807, 2.05) is 12.1 Å². The van der Waals surface area contributed by atoms with E-state index < -0.39 is 11.9 Å². The van der Waals surface area contributed by atoms with E-state index in [0.29, 0.717) is 11.4 Å². The van der Waals surface area contributed by atoms with Crippen LogP contribution in [0.3, 0.4) is 0 Å². The lowest BCUT2D eigenvalue weighted by Crippen LogP contribution is -2.27. The smallest absolute Gasteiger partial charge is 0.316 e.